The van der Waals surface area contributed by atoms with Crippen molar-refractivity contribution in [2.24, 2.45) is 0 Å². The Bertz CT molecular complexity index is 794. The van der Waals surface area contributed by atoms with Gasteiger partial charge in [-0.3, -0.25) is 0 Å². The molecule has 5 heteroatoms. The maximum atomic E-state index is 13.0. The summed E-state index contributed by atoms with van der Waals surface area (Å²) < 4.78 is 18.7. The summed E-state index contributed by atoms with van der Waals surface area (Å²) in [4.78, 5) is 8.98. The van der Waals surface area contributed by atoms with Gasteiger partial charge in [-0.15, -0.1) is 0 Å². The molecule has 0 amide bonds. The van der Waals surface area contributed by atoms with Gasteiger partial charge in [-0.25, -0.2) is 9.37 Å². The van der Waals surface area contributed by atoms with Crippen molar-refractivity contribution in [1.29, 1.82) is 0 Å². The zero-order chi connectivity index (χ0) is 16.8. The van der Waals surface area contributed by atoms with Crippen molar-refractivity contribution in [2.45, 2.75) is 24.3 Å². The minimum Gasteiger partial charge on any atom is -0.439 e. The molecule has 0 radical (unpaired) electrons. The first-order valence-electron chi connectivity index (χ1n) is 7.71. The Kier molecular flexibility index (Phi) is 5.43. The average molecular weight is 340 g/mol. The third-order valence-corrected chi connectivity index (χ3v) is 4.26. The molecule has 0 aliphatic carbocycles. The molecule has 0 bridgehead atoms. The van der Waals surface area contributed by atoms with E-state index >= 15 is 0 Å². The average Bonchev–Trinajstić information content (AvgIpc) is 2.62. The highest BCUT2D eigenvalue weighted by atomic mass is 32.2. The highest BCUT2D eigenvalue weighted by molar-refractivity contribution is 7.98. The number of thioether (sulfide) groups is 1. The SMILES string of the molecule is CCc1cc(Oc2ccc(F)cc2)nc(SCc2ccccc2)n1. The van der Waals surface area contributed by atoms with Crippen molar-refractivity contribution < 1.29 is 9.13 Å². The van der Waals surface area contributed by atoms with Crippen molar-refractivity contribution in [3.63, 3.8) is 0 Å². The number of aryl methyl sites for hydroxylation is 1. The Morgan fingerprint density at radius 2 is 1.75 bits per heavy atom. The standard InChI is InChI=1S/C19H17FN2OS/c1-2-16-12-18(23-17-10-8-15(20)9-11-17)22-19(21-16)24-13-14-6-4-3-5-7-14/h3-12H,2,13H2,1H3. The molecule has 0 N–H and O–H groups in total. The van der Waals surface area contributed by atoms with Crippen LogP contribution in [0, 0.1) is 5.82 Å². The van der Waals surface area contributed by atoms with Gasteiger partial charge in [0.25, 0.3) is 0 Å². The van der Waals surface area contributed by atoms with Crippen molar-refractivity contribution in [3.8, 4) is 11.6 Å². The van der Waals surface area contributed by atoms with Crippen LogP contribution < -0.4 is 4.74 Å². The molecule has 0 saturated carbocycles. The van der Waals surface area contributed by atoms with Crippen molar-refractivity contribution >= 4 is 11.8 Å². The molecule has 122 valence electrons. The lowest BCUT2D eigenvalue weighted by molar-refractivity contribution is 0.452. The van der Waals surface area contributed by atoms with E-state index < -0.39 is 0 Å². The second-order valence-corrected chi connectivity index (χ2v) is 6.11. The lowest BCUT2D eigenvalue weighted by Crippen LogP contribution is -1.97. The van der Waals surface area contributed by atoms with Gasteiger partial charge in [-0.1, -0.05) is 49.0 Å². The second kappa shape index (κ2) is 7.93. The van der Waals surface area contributed by atoms with Crippen LogP contribution in [-0.2, 0) is 12.2 Å². The molecule has 0 spiro atoms. The quantitative estimate of drug-likeness (QED) is 0.453. The normalized spacial score (nSPS) is 10.6. The lowest BCUT2D eigenvalue weighted by atomic mass is 10.2. The van der Waals surface area contributed by atoms with E-state index in [1.54, 1.807) is 23.9 Å². The smallest absolute Gasteiger partial charge is 0.223 e. The topological polar surface area (TPSA) is 35.0 Å². The van der Waals surface area contributed by atoms with Crippen LogP contribution in [0.2, 0.25) is 0 Å². The Labute approximate surface area is 144 Å². The molecule has 3 rings (SSSR count). The largest absolute Gasteiger partial charge is 0.439 e. The molecule has 1 aromatic heterocycles. The summed E-state index contributed by atoms with van der Waals surface area (Å²) in [7, 11) is 0. The van der Waals surface area contributed by atoms with Crippen LogP contribution in [0.1, 0.15) is 18.2 Å². The van der Waals surface area contributed by atoms with Crippen LogP contribution in [0.15, 0.2) is 65.8 Å². The monoisotopic (exact) mass is 340 g/mol. The predicted octanol–water partition coefficient (Wildman–Crippen LogP) is 5.26. The Balaban J connectivity index is 1.76. The van der Waals surface area contributed by atoms with Gasteiger partial charge in [0, 0.05) is 17.5 Å². The summed E-state index contributed by atoms with van der Waals surface area (Å²) in [5.74, 6) is 1.53. The van der Waals surface area contributed by atoms with Crippen LogP contribution in [0.25, 0.3) is 0 Å². The lowest BCUT2D eigenvalue weighted by Gasteiger charge is -2.08. The number of nitrogens with zero attached hydrogens (tertiary/aromatic N) is 2. The van der Waals surface area contributed by atoms with Gasteiger partial charge in [-0.05, 0) is 36.2 Å². The van der Waals surface area contributed by atoms with Crippen LogP contribution in [-0.4, -0.2) is 9.97 Å². The second-order valence-electron chi connectivity index (χ2n) is 5.16. The fraction of sp³-hybridized carbons (Fsp3) is 0.158. The van der Waals surface area contributed by atoms with E-state index in [0.717, 1.165) is 17.9 Å². The fourth-order valence-corrected chi connectivity index (χ4v) is 2.92. The van der Waals surface area contributed by atoms with Gasteiger partial charge in [0.1, 0.15) is 11.6 Å². The number of halogens is 1. The third-order valence-electron chi connectivity index (χ3n) is 3.34. The molecule has 24 heavy (non-hydrogen) atoms. The zero-order valence-electron chi connectivity index (χ0n) is 13.3. The molecular formula is C19H17FN2OS. The first-order valence-corrected chi connectivity index (χ1v) is 8.69. The summed E-state index contributed by atoms with van der Waals surface area (Å²) in [6.45, 7) is 2.04. The zero-order valence-corrected chi connectivity index (χ0v) is 14.1. The Morgan fingerprint density at radius 1 is 1.00 bits per heavy atom. The molecule has 0 unspecified atom stereocenters. The molecule has 0 saturated heterocycles. The molecule has 0 atom stereocenters. The summed E-state index contributed by atoms with van der Waals surface area (Å²) in [5, 5.41) is 0.676. The molecule has 3 aromatic rings. The van der Waals surface area contributed by atoms with E-state index in [1.165, 1.54) is 17.7 Å². The maximum Gasteiger partial charge on any atom is 0.223 e. The number of aromatic nitrogens is 2. The van der Waals surface area contributed by atoms with Crippen LogP contribution in [0.4, 0.5) is 4.39 Å². The molecule has 0 aliphatic rings. The van der Waals surface area contributed by atoms with E-state index in [1.807, 2.05) is 31.2 Å². The maximum absolute atomic E-state index is 13.0. The minimum atomic E-state index is -0.293. The minimum absolute atomic E-state index is 0.293. The number of hydrogen-bond donors (Lipinski definition) is 0. The van der Waals surface area contributed by atoms with Gasteiger partial charge < -0.3 is 4.74 Å². The third kappa shape index (κ3) is 4.55. The molecule has 2 aromatic carbocycles. The van der Waals surface area contributed by atoms with Crippen LogP contribution in [0.3, 0.4) is 0 Å². The highest BCUT2D eigenvalue weighted by Crippen LogP contribution is 2.25. The predicted molar refractivity (Wildman–Crippen MR) is 93.9 cm³/mol. The first kappa shape index (κ1) is 16.5. The van der Waals surface area contributed by atoms with Gasteiger partial charge in [0.2, 0.25) is 5.88 Å². The number of rotatable bonds is 6. The summed E-state index contributed by atoms with van der Waals surface area (Å²) in [6.07, 6.45) is 0.793. The van der Waals surface area contributed by atoms with Crippen LogP contribution >= 0.6 is 11.8 Å². The van der Waals surface area contributed by atoms with E-state index in [4.69, 9.17) is 4.74 Å². The molecule has 3 nitrogen and oxygen atoms in total. The molecular weight excluding hydrogens is 323 g/mol. The van der Waals surface area contributed by atoms with E-state index in [9.17, 15) is 4.39 Å². The van der Waals surface area contributed by atoms with Crippen LogP contribution in [0.5, 0.6) is 11.6 Å². The summed E-state index contributed by atoms with van der Waals surface area (Å²) in [6, 6.07) is 17.9. The van der Waals surface area contributed by atoms with Gasteiger partial charge in [0.05, 0.1) is 0 Å². The molecule has 0 aliphatic heterocycles. The summed E-state index contributed by atoms with van der Waals surface area (Å²) in [5.41, 5.74) is 2.13. The first-order chi connectivity index (χ1) is 11.7. The Morgan fingerprint density at radius 3 is 2.46 bits per heavy atom. The fourth-order valence-electron chi connectivity index (χ4n) is 2.09. The molecule has 1 heterocycles. The van der Waals surface area contributed by atoms with Gasteiger partial charge in [-0.2, -0.15) is 4.98 Å². The summed E-state index contributed by atoms with van der Waals surface area (Å²) >= 11 is 1.57. The van der Waals surface area contributed by atoms with E-state index in [0.29, 0.717) is 16.8 Å². The van der Waals surface area contributed by atoms with Crippen molar-refractivity contribution in [1.82, 2.24) is 9.97 Å². The van der Waals surface area contributed by atoms with E-state index in [2.05, 4.69) is 22.1 Å². The van der Waals surface area contributed by atoms with Crippen molar-refractivity contribution in [3.05, 3.63) is 77.7 Å². The number of benzene rings is 2. The highest BCUT2D eigenvalue weighted by Gasteiger charge is 2.07. The Hall–Kier alpha value is -2.40. The number of hydrogen-bond acceptors (Lipinski definition) is 4. The van der Waals surface area contributed by atoms with Gasteiger partial charge >= 0.3 is 0 Å². The molecule has 0 fully saturated rings. The van der Waals surface area contributed by atoms with Crippen molar-refractivity contribution in [2.75, 3.05) is 0 Å². The van der Waals surface area contributed by atoms with Gasteiger partial charge in [0.15, 0.2) is 5.16 Å². The number of ether oxygens (including phenoxy) is 1. The van der Waals surface area contributed by atoms with E-state index in [-0.39, 0.29) is 5.82 Å².